The molecule has 3 heterocycles. The van der Waals surface area contributed by atoms with Gasteiger partial charge in [0, 0.05) is 17.0 Å². The molecule has 1 saturated heterocycles. The van der Waals surface area contributed by atoms with Crippen molar-refractivity contribution in [2.75, 3.05) is 19.3 Å². The predicted molar refractivity (Wildman–Crippen MR) is 91.5 cm³/mol. The molecule has 23 heavy (non-hydrogen) atoms. The summed E-state index contributed by atoms with van der Waals surface area (Å²) in [5.41, 5.74) is 0.566. The number of imidazole rings is 1. The van der Waals surface area contributed by atoms with Gasteiger partial charge in [-0.1, -0.05) is 0 Å². The number of thioether (sulfide) groups is 1. The number of hydrogen-bond acceptors (Lipinski definition) is 4. The number of nitrogens with one attached hydrogen (secondary N) is 2. The molecule has 122 valence electrons. The van der Waals surface area contributed by atoms with Crippen molar-refractivity contribution >= 4 is 23.2 Å². The highest BCUT2D eigenvalue weighted by Gasteiger charge is 2.57. The summed E-state index contributed by atoms with van der Waals surface area (Å²) in [5, 5.41) is 6.55. The highest BCUT2D eigenvalue weighted by atomic mass is 32.2. The Labute approximate surface area is 140 Å². The van der Waals surface area contributed by atoms with E-state index in [-0.39, 0.29) is 11.8 Å². The smallest absolute Gasteiger partial charge is 0.224 e. The topological polar surface area (TPSA) is 58.4 Å². The first-order valence-electron chi connectivity index (χ1n) is 8.05. The molecule has 0 aromatic carbocycles. The third-order valence-corrected chi connectivity index (χ3v) is 5.85. The summed E-state index contributed by atoms with van der Waals surface area (Å²) in [4.78, 5) is 18.4. The van der Waals surface area contributed by atoms with Crippen LogP contribution >= 0.6 is 11.8 Å². The number of carbonyl (C=O) groups excluding carboxylic acids is 1. The van der Waals surface area contributed by atoms with Crippen LogP contribution in [0.15, 0.2) is 29.4 Å². The maximum atomic E-state index is 12.6. The maximum Gasteiger partial charge on any atom is 0.224 e. The Kier molecular flexibility index (Phi) is 3.43. The number of hydrogen-bond donors (Lipinski definition) is 2. The van der Waals surface area contributed by atoms with Crippen LogP contribution in [0.1, 0.15) is 19.7 Å². The SMILES string of the molecule is CSc1ccn2c(C(C)(C)NC(=O)[C@H]3[C@@H]4CNC[C@@H]43)ncc2c1. The van der Waals surface area contributed by atoms with Crippen LogP contribution in [0.5, 0.6) is 0 Å². The fraction of sp³-hybridized carbons (Fsp3) is 0.529. The molecule has 2 aromatic rings. The first-order valence-corrected chi connectivity index (χ1v) is 9.28. The van der Waals surface area contributed by atoms with Crippen LogP contribution in [0.25, 0.3) is 5.52 Å². The van der Waals surface area contributed by atoms with Crippen LogP contribution < -0.4 is 10.6 Å². The van der Waals surface area contributed by atoms with Crippen LogP contribution in [0, 0.1) is 17.8 Å². The molecule has 0 unspecified atom stereocenters. The lowest BCUT2D eigenvalue weighted by molar-refractivity contribution is -0.124. The van der Waals surface area contributed by atoms with Crippen LogP contribution in [0.2, 0.25) is 0 Å². The summed E-state index contributed by atoms with van der Waals surface area (Å²) in [6.07, 6.45) is 5.97. The van der Waals surface area contributed by atoms with E-state index in [1.54, 1.807) is 11.8 Å². The van der Waals surface area contributed by atoms with Crippen molar-refractivity contribution in [2.24, 2.45) is 17.8 Å². The van der Waals surface area contributed by atoms with Gasteiger partial charge in [0.1, 0.15) is 5.82 Å². The Morgan fingerprint density at radius 3 is 2.87 bits per heavy atom. The molecule has 0 bridgehead atoms. The highest BCUT2D eigenvalue weighted by molar-refractivity contribution is 7.98. The number of rotatable bonds is 4. The Hall–Kier alpha value is -1.53. The Bertz CT molecular complexity index is 759. The van der Waals surface area contributed by atoms with Crippen molar-refractivity contribution in [3.8, 4) is 0 Å². The zero-order valence-electron chi connectivity index (χ0n) is 13.7. The molecule has 4 rings (SSSR count). The van der Waals surface area contributed by atoms with E-state index in [0.29, 0.717) is 11.8 Å². The predicted octanol–water partition coefficient (Wildman–Crippen LogP) is 1.87. The molecule has 6 heteroatoms. The minimum Gasteiger partial charge on any atom is -0.344 e. The number of piperidine rings is 1. The summed E-state index contributed by atoms with van der Waals surface area (Å²) < 4.78 is 2.06. The minimum atomic E-state index is -0.491. The van der Waals surface area contributed by atoms with Crippen molar-refractivity contribution in [2.45, 2.75) is 24.3 Å². The molecular weight excluding hydrogens is 308 g/mol. The average Bonchev–Trinajstić information content (AvgIpc) is 2.90. The fourth-order valence-electron chi connectivity index (χ4n) is 3.82. The number of nitrogens with zero attached hydrogens (tertiary/aromatic N) is 2. The molecule has 1 saturated carbocycles. The largest absolute Gasteiger partial charge is 0.344 e. The molecule has 0 radical (unpaired) electrons. The van der Waals surface area contributed by atoms with Gasteiger partial charge >= 0.3 is 0 Å². The lowest BCUT2D eigenvalue weighted by atomic mass is 10.0. The quantitative estimate of drug-likeness (QED) is 0.841. The molecule has 0 spiro atoms. The van der Waals surface area contributed by atoms with Gasteiger partial charge in [-0.05, 0) is 57.2 Å². The molecule has 1 aliphatic carbocycles. The van der Waals surface area contributed by atoms with Crippen molar-refractivity contribution in [1.82, 2.24) is 20.0 Å². The lowest BCUT2D eigenvalue weighted by Crippen LogP contribution is -2.44. The van der Waals surface area contributed by atoms with E-state index in [4.69, 9.17) is 0 Å². The molecule has 1 amide bonds. The van der Waals surface area contributed by atoms with Gasteiger partial charge < -0.3 is 15.0 Å². The summed E-state index contributed by atoms with van der Waals surface area (Å²) in [6.45, 7) is 6.01. The molecule has 3 atom stereocenters. The van der Waals surface area contributed by atoms with Crippen LogP contribution in [0.4, 0.5) is 0 Å². The molecular formula is C17H22N4OS. The number of pyridine rings is 1. The first kappa shape index (κ1) is 15.0. The van der Waals surface area contributed by atoms with Gasteiger partial charge in [0.25, 0.3) is 0 Å². The van der Waals surface area contributed by atoms with Gasteiger partial charge in [0.15, 0.2) is 0 Å². The molecule has 2 fully saturated rings. The number of amides is 1. The zero-order valence-corrected chi connectivity index (χ0v) is 14.5. The molecule has 5 nitrogen and oxygen atoms in total. The Morgan fingerprint density at radius 1 is 1.43 bits per heavy atom. The highest BCUT2D eigenvalue weighted by Crippen LogP contribution is 2.49. The van der Waals surface area contributed by atoms with E-state index in [1.807, 2.05) is 26.2 Å². The molecule has 2 N–H and O–H groups in total. The average molecular weight is 330 g/mol. The fourth-order valence-corrected chi connectivity index (χ4v) is 4.26. The van der Waals surface area contributed by atoms with Crippen molar-refractivity contribution in [3.63, 3.8) is 0 Å². The van der Waals surface area contributed by atoms with Crippen molar-refractivity contribution < 1.29 is 4.79 Å². The van der Waals surface area contributed by atoms with E-state index in [9.17, 15) is 4.79 Å². The normalized spacial score (nSPS) is 26.3. The van der Waals surface area contributed by atoms with Crippen LogP contribution in [-0.2, 0) is 10.3 Å². The standard InChI is InChI=1S/C17H22N4OS/c1-17(2,20-15(22)14-12-8-18-9-13(12)14)16-19-7-10-6-11(23-3)4-5-21(10)16/h4-7,12-14,18H,8-9H2,1-3H3,(H,20,22)/t12-,13+,14+. The second-order valence-electron chi connectivity index (χ2n) is 7.07. The monoisotopic (exact) mass is 330 g/mol. The molecule has 2 aliphatic rings. The number of carbonyl (C=O) groups is 1. The summed E-state index contributed by atoms with van der Waals surface area (Å²) in [5.74, 6) is 2.30. The number of aromatic nitrogens is 2. The van der Waals surface area contributed by atoms with E-state index in [2.05, 4.69) is 38.4 Å². The Balaban J connectivity index is 1.57. The van der Waals surface area contributed by atoms with Gasteiger partial charge in [0.05, 0.1) is 17.3 Å². The third-order valence-electron chi connectivity index (χ3n) is 5.13. The van der Waals surface area contributed by atoms with Crippen molar-refractivity contribution in [3.05, 3.63) is 30.4 Å². The van der Waals surface area contributed by atoms with Gasteiger partial charge in [-0.15, -0.1) is 11.8 Å². The van der Waals surface area contributed by atoms with E-state index >= 15 is 0 Å². The van der Waals surface area contributed by atoms with Crippen LogP contribution in [-0.4, -0.2) is 34.6 Å². The zero-order chi connectivity index (χ0) is 16.2. The van der Waals surface area contributed by atoms with Gasteiger partial charge in [-0.3, -0.25) is 4.79 Å². The van der Waals surface area contributed by atoms with Gasteiger partial charge in [0.2, 0.25) is 5.91 Å². The second-order valence-corrected chi connectivity index (χ2v) is 7.95. The number of fused-ring (bicyclic) bond motifs is 2. The van der Waals surface area contributed by atoms with Crippen molar-refractivity contribution in [1.29, 1.82) is 0 Å². The summed E-state index contributed by atoms with van der Waals surface area (Å²) >= 11 is 1.72. The molecule has 1 aliphatic heterocycles. The summed E-state index contributed by atoms with van der Waals surface area (Å²) in [7, 11) is 0. The lowest BCUT2D eigenvalue weighted by Gasteiger charge is -2.25. The van der Waals surface area contributed by atoms with E-state index in [1.165, 1.54) is 4.90 Å². The second kappa shape index (κ2) is 5.24. The van der Waals surface area contributed by atoms with E-state index in [0.717, 1.165) is 24.4 Å². The third kappa shape index (κ3) is 2.44. The van der Waals surface area contributed by atoms with Crippen LogP contribution in [0.3, 0.4) is 0 Å². The van der Waals surface area contributed by atoms with Gasteiger partial charge in [-0.2, -0.15) is 0 Å². The summed E-state index contributed by atoms with van der Waals surface area (Å²) in [6, 6.07) is 4.20. The van der Waals surface area contributed by atoms with Gasteiger partial charge in [-0.25, -0.2) is 4.98 Å². The molecule has 2 aromatic heterocycles. The minimum absolute atomic E-state index is 0.170. The Morgan fingerprint density at radius 2 is 2.17 bits per heavy atom. The maximum absolute atomic E-state index is 12.6. The van der Waals surface area contributed by atoms with E-state index < -0.39 is 5.54 Å². The first-order chi connectivity index (χ1) is 11.0.